The highest BCUT2D eigenvalue weighted by Crippen LogP contribution is 2.41. The summed E-state index contributed by atoms with van der Waals surface area (Å²) in [6.07, 6.45) is -38.2. The fourth-order valence-electron chi connectivity index (χ4n) is 18.7. The van der Waals surface area contributed by atoms with E-state index >= 15 is 0 Å². The maximum atomic E-state index is 13.7. The Morgan fingerprint density at radius 2 is 0.588 bits per heavy atom. The number of ether oxygens (including phenoxy) is 16. The van der Waals surface area contributed by atoms with Crippen LogP contribution in [0.1, 0.15) is 247 Å². The van der Waals surface area contributed by atoms with Gasteiger partial charge in [0.15, 0.2) is 50.3 Å². The second kappa shape index (κ2) is 61.2. The number of hydrogen-bond donors (Lipinski definition) is 25. The van der Waals surface area contributed by atoms with E-state index in [4.69, 9.17) is 75.8 Å². The first-order valence-electron chi connectivity index (χ1n) is 49.7. The van der Waals surface area contributed by atoms with E-state index in [0.29, 0.717) is 12.8 Å². The van der Waals surface area contributed by atoms with Gasteiger partial charge in [0.05, 0.1) is 70.6 Å². The van der Waals surface area contributed by atoms with Crippen molar-refractivity contribution in [3.63, 3.8) is 0 Å². The van der Waals surface area contributed by atoms with Crippen LogP contribution in [0.3, 0.4) is 0 Å². The van der Waals surface area contributed by atoms with Gasteiger partial charge in [-0.25, -0.2) is 0 Å². The fraction of sp³-hybridized carbons (Fsp3) is 0.946. The van der Waals surface area contributed by atoms with Crippen LogP contribution in [-0.4, -0.2) is 434 Å². The molecule has 8 aliphatic heterocycles. The minimum Gasteiger partial charge on any atom is -0.394 e. The number of allylic oxidation sites excluding steroid dienone is 1. The highest BCUT2D eigenvalue weighted by atomic mass is 16.8. The lowest BCUT2D eigenvalue weighted by molar-refractivity contribution is -0.400. The molecule has 0 radical (unpaired) electrons. The van der Waals surface area contributed by atoms with Crippen molar-refractivity contribution in [1.29, 1.82) is 0 Å². The molecule has 8 rings (SSSR count). The third kappa shape index (κ3) is 34.1. The van der Waals surface area contributed by atoms with Gasteiger partial charge < -0.3 is 204 Å². The van der Waals surface area contributed by atoms with Crippen molar-refractivity contribution in [2.24, 2.45) is 0 Å². The molecule has 8 aliphatic rings. The lowest BCUT2D eigenvalue weighted by Crippen LogP contribution is -2.72. The lowest BCUT2D eigenvalue weighted by atomic mass is 9.93. The normalized spacial score (nSPS) is 39.6. The van der Waals surface area contributed by atoms with E-state index in [0.717, 1.165) is 71.6 Å². The first kappa shape index (κ1) is 118. The molecule has 794 valence electrons. The van der Waals surface area contributed by atoms with Crippen LogP contribution in [0.2, 0.25) is 0 Å². The molecule has 136 heavy (non-hydrogen) atoms. The van der Waals surface area contributed by atoms with Gasteiger partial charge >= 0.3 is 0 Å². The molecule has 25 N–H and O–H groups in total. The molecule has 0 aromatic heterocycles. The number of amides is 3. The summed E-state index contributed by atoms with van der Waals surface area (Å²) in [5.41, 5.74) is 0. The van der Waals surface area contributed by atoms with Crippen molar-refractivity contribution in [3.8, 4) is 0 Å². The maximum Gasteiger partial charge on any atom is 0.220 e. The van der Waals surface area contributed by atoms with Crippen LogP contribution in [0.4, 0.5) is 0 Å². The largest absolute Gasteiger partial charge is 0.394 e. The number of hydrogen-bond acceptors (Lipinski definition) is 41. The van der Waals surface area contributed by atoms with E-state index in [1.54, 1.807) is 6.08 Å². The zero-order chi connectivity index (χ0) is 99.4. The molecule has 3 amide bonds. The number of aliphatic hydroxyl groups excluding tert-OH is 22. The number of nitrogens with one attached hydrogen (secondary N) is 3. The van der Waals surface area contributed by atoms with Crippen molar-refractivity contribution < 1.29 is 203 Å². The lowest BCUT2D eigenvalue weighted by Gasteiger charge is -2.52. The van der Waals surface area contributed by atoms with Gasteiger partial charge in [-0.1, -0.05) is 206 Å². The molecule has 8 heterocycles. The third-order valence-corrected chi connectivity index (χ3v) is 26.9. The summed E-state index contributed by atoms with van der Waals surface area (Å²) >= 11 is 0. The minimum absolute atomic E-state index is 0.142. The Labute approximate surface area is 796 Å². The van der Waals surface area contributed by atoms with Crippen molar-refractivity contribution >= 4 is 17.7 Å². The van der Waals surface area contributed by atoms with Gasteiger partial charge in [-0.15, -0.1) is 0 Å². The molecular formula is C92H165N3O41. The second-order valence-corrected chi connectivity index (χ2v) is 37.7. The summed E-state index contributed by atoms with van der Waals surface area (Å²) in [6, 6.07) is -5.07. The highest BCUT2D eigenvalue weighted by molar-refractivity contribution is 5.76. The first-order chi connectivity index (χ1) is 65.2. The molecule has 0 saturated carbocycles. The average Bonchev–Trinajstić information content (AvgIpc) is 0.777. The Bertz CT molecular complexity index is 3300. The molecule has 0 aromatic rings. The summed E-state index contributed by atoms with van der Waals surface area (Å²) in [5, 5.41) is 257. The molecule has 16 unspecified atom stereocenters. The van der Waals surface area contributed by atoms with Gasteiger partial charge in [0, 0.05) is 20.3 Å². The summed E-state index contributed by atoms with van der Waals surface area (Å²) in [7, 11) is 0. The Hall–Kier alpha value is -3.37. The molecule has 0 bridgehead atoms. The van der Waals surface area contributed by atoms with Crippen molar-refractivity contribution in [3.05, 3.63) is 12.2 Å². The van der Waals surface area contributed by atoms with Crippen LogP contribution in [0.25, 0.3) is 0 Å². The summed E-state index contributed by atoms with van der Waals surface area (Å²) in [4.78, 5) is 40.8. The van der Waals surface area contributed by atoms with Crippen molar-refractivity contribution in [2.45, 2.75) is 505 Å². The topological polar surface area (TPSA) is 680 Å². The number of unbranched alkanes of at least 4 members (excludes halogenated alkanes) is 29. The molecule has 8 fully saturated rings. The third-order valence-electron chi connectivity index (χ3n) is 26.9. The van der Waals surface area contributed by atoms with Crippen LogP contribution in [0, 0.1) is 0 Å². The SMILES string of the molecule is CCCCCCCCCCCCC/C=C/[C@@H](O)[C@H](CO[C@@H]1OC(CO)[C@@H](O[C@@H]2OC(CO)[C@H](O)[C@H](O[C@@H]3OC(CO)[C@@H](O[C@@H]4OC(CO)[C@H](O)[C@H](O[C@@H]5OC(CO)[C@@H](O[C@@H]6OC(CO)[C@H](O)[C@H](O)C6O)[C@H](O[C@H]6OC(C)[C@@H](O)C(O)[C@@H]6O)C5NC(C)=O)C4O)[C@H](O[C@H]4OC(C)[C@@H](O)C(O)[C@@H]4O)C3NC(C)=O)C2O)[C@H](O)C1O)NC(=O)CCCCCCCCCCCCCCCCCCCCC. The fourth-order valence-corrected chi connectivity index (χ4v) is 18.7. The van der Waals surface area contributed by atoms with E-state index in [9.17, 15) is 127 Å². The van der Waals surface area contributed by atoms with Crippen LogP contribution < -0.4 is 16.0 Å². The maximum absolute atomic E-state index is 13.7. The standard InChI is InChI=1S/C92H165N3O41/c1-7-9-11-13-15-17-19-21-22-23-24-25-26-28-30-32-34-36-38-40-60(105)95-52(53(104)39-37-35-33-31-29-27-20-18-16-14-12-10-8-2)47-121-87-75(118)71(114)78(57(44-99)129-87)130-91-76(119)83(66(109)55(42-97)125-91)135-86-62(94-51(6)103)82(134-89-73(116)69(112)64(107)49(4)123-89)80(59(46-101)128-86)132-92-77(120)84(67(110)56(43-98)126-92)136-85-61(93-50(5)102)81(133-88-72(115)68(111)63(106)48(3)122-88)79(58(45-100)127-85)131-90-74(117)70(113)65(108)54(41-96)124-90/h37,39,48-49,52-59,61-92,96-101,104,106-120H,7-36,38,40-47H2,1-6H3,(H,93,102)(H,94,103)(H,95,105)/b39-37+/t48?,49?,52-,53+,54?,55?,56?,57?,58?,59?,61?,62?,63+,64+,65-,66-,67-,68?,69?,70-,71+,72-,73-,74?,75?,76?,77?,78+,79+,80+,81+,82+,83-,84-,85-,86-,87+,88+,89+,90-,91-,92-/m0/s1. The zero-order valence-corrected chi connectivity index (χ0v) is 79.6. The van der Waals surface area contributed by atoms with Gasteiger partial charge in [-0.2, -0.15) is 0 Å². The van der Waals surface area contributed by atoms with Crippen LogP contribution in [0.5, 0.6) is 0 Å². The molecule has 0 aliphatic carbocycles. The number of aliphatic hydroxyl groups is 22. The Morgan fingerprint density at radius 1 is 0.301 bits per heavy atom. The summed E-state index contributed by atoms with van der Waals surface area (Å²) in [6.45, 7) is 1.81. The first-order valence-corrected chi connectivity index (χ1v) is 49.7. The minimum atomic E-state index is -2.45. The number of rotatable bonds is 60. The monoisotopic (exact) mass is 1970 g/mol. The molecule has 0 aromatic carbocycles. The van der Waals surface area contributed by atoms with E-state index in [2.05, 4.69) is 29.8 Å². The second-order valence-electron chi connectivity index (χ2n) is 37.7. The predicted molar refractivity (Wildman–Crippen MR) is 475 cm³/mol. The highest BCUT2D eigenvalue weighted by Gasteiger charge is 2.62. The van der Waals surface area contributed by atoms with Crippen molar-refractivity contribution in [2.75, 3.05) is 46.2 Å². The quantitative estimate of drug-likeness (QED) is 0.0211. The summed E-state index contributed by atoms with van der Waals surface area (Å²) in [5.74, 6) is -2.29. The van der Waals surface area contributed by atoms with Gasteiger partial charge in [0.2, 0.25) is 17.7 Å². The zero-order valence-electron chi connectivity index (χ0n) is 79.6. The van der Waals surface area contributed by atoms with E-state index in [1.807, 2.05) is 6.08 Å². The number of carbonyl (C=O) groups is 3. The van der Waals surface area contributed by atoms with Gasteiger partial charge in [-0.3, -0.25) is 14.4 Å². The van der Waals surface area contributed by atoms with Crippen LogP contribution >= 0.6 is 0 Å². The van der Waals surface area contributed by atoms with Gasteiger partial charge in [-0.05, 0) is 33.1 Å². The molecule has 0 spiro atoms. The smallest absolute Gasteiger partial charge is 0.220 e. The van der Waals surface area contributed by atoms with Crippen LogP contribution in [-0.2, 0) is 90.2 Å². The van der Waals surface area contributed by atoms with Crippen LogP contribution in [0.15, 0.2) is 12.2 Å². The molecule has 44 nitrogen and oxygen atoms in total. The van der Waals surface area contributed by atoms with E-state index in [1.165, 1.54) is 142 Å². The van der Waals surface area contributed by atoms with Gasteiger partial charge in [0.25, 0.3) is 0 Å². The van der Waals surface area contributed by atoms with Crippen molar-refractivity contribution in [1.82, 2.24) is 16.0 Å². The number of carbonyl (C=O) groups excluding carboxylic acids is 3. The predicted octanol–water partition coefficient (Wildman–Crippen LogP) is -3.16. The summed E-state index contributed by atoms with van der Waals surface area (Å²) < 4.78 is 97.8. The molecular weight excluding hydrogens is 1800 g/mol. The Balaban J connectivity index is 0.982. The Morgan fingerprint density at radius 3 is 0.956 bits per heavy atom. The molecule has 8 saturated heterocycles. The van der Waals surface area contributed by atoms with E-state index < -0.39 is 316 Å². The van der Waals surface area contributed by atoms with E-state index in [-0.39, 0.29) is 12.3 Å². The molecule has 44 heteroatoms. The average molecular weight is 1970 g/mol. The molecule has 42 atom stereocenters. The Kier molecular flexibility index (Phi) is 53.0. The van der Waals surface area contributed by atoms with Gasteiger partial charge in [0.1, 0.15) is 183 Å².